The van der Waals surface area contributed by atoms with Gasteiger partial charge in [-0.25, -0.2) is 4.79 Å². The number of rotatable bonds is 3. The Morgan fingerprint density at radius 1 is 1.12 bits per heavy atom. The molecular weight excluding hydrogens is 349 g/mol. The molecule has 1 heterocycles. The predicted molar refractivity (Wildman–Crippen MR) is 98.2 cm³/mol. The van der Waals surface area contributed by atoms with Crippen LogP contribution >= 0.6 is 23.2 Å². The molecule has 0 aliphatic carbocycles. The molecule has 24 heavy (non-hydrogen) atoms. The SMILES string of the molecule is CC(C)(C)NC(=O)Nc1ccc(=O)n(Cc2c(Cl)cccc2Cl)c1. The maximum Gasteiger partial charge on any atom is 0.319 e. The van der Waals surface area contributed by atoms with Gasteiger partial charge in [0.15, 0.2) is 0 Å². The second-order valence-electron chi connectivity index (χ2n) is 6.41. The molecule has 0 bridgehead atoms. The second kappa shape index (κ2) is 7.28. The van der Waals surface area contributed by atoms with Gasteiger partial charge >= 0.3 is 6.03 Å². The van der Waals surface area contributed by atoms with Crippen molar-refractivity contribution in [1.82, 2.24) is 9.88 Å². The van der Waals surface area contributed by atoms with Crippen molar-refractivity contribution < 1.29 is 4.79 Å². The molecule has 0 spiro atoms. The fourth-order valence-corrected chi connectivity index (χ4v) is 2.60. The first-order valence-corrected chi connectivity index (χ1v) is 8.14. The van der Waals surface area contributed by atoms with E-state index in [0.717, 1.165) is 0 Å². The third-order valence-corrected chi connectivity index (χ3v) is 3.83. The summed E-state index contributed by atoms with van der Waals surface area (Å²) in [7, 11) is 0. The van der Waals surface area contributed by atoms with Crippen molar-refractivity contribution in [3.63, 3.8) is 0 Å². The van der Waals surface area contributed by atoms with E-state index in [1.807, 2.05) is 20.8 Å². The van der Waals surface area contributed by atoms with E-state index in [1.54, 1.807) is 30.5 Å². The predicted octanol–water partition coefficient (Wildman–Crippen LogP) is 4.12. The molecule has 0 radical (unpaired) electrons. The zero-order chi connectivity index (χ0) is 17.9. The van der Waals surface area contributed by atoms with Crippen molar-refractivity contribution in [2.75, 3.05) is 5.32 Å². The van der Waals surface area contributed by atoms with Crippen molar-refractivity contribution in [3.05, 3.63) is 62.5 Å². The Kier molecular flexibility index (Phi) is 5.57. The Bertz CT molecular complexity index is 790. The Hall–Kier alpha value is -1.98. The summed E-state index contributed by atoms with van der Waals surface area (Å²) in [6, 6.07) is 7.76. The average molecular weight is 368 g/mol. The van der Waals surface area contributed by atoms with E-state index in [-0.39, 0.29) is 23.7 Å². The van der Waals surface area contributed by atoms with E-state index in [2.05, 4.69) is 10.6 Å². The van der Waals surface area contributed by atoms with Gasteiger partial charge in [-0.2, -0.15) is 0 Å². The first-order valence-electron chi connectivity index (χ1n) is 7.38. The molecule has 0 unspecified atom stereocenters. The minimum absolute atomic E-state index is 0.215. The van der Waals surface area contributed by atoms with Crippen LogP contribution in [0.15, 0.2) is 41.3 Å². The van der Waals surface area contributed by atoms with E-state index in [4.69, 9.17) is 23.2 Å². The van der Waals surface area contributed by atoms with Crippen molar-refractivity contribution in [1.29, 1.82) is 0 Å². The first kappa shape index (κ1) is 18.4. The van der Waals surface area contributed by atoms with Crippen LogP contribution in [0.5, 0.6) is 0 Å². The van der Waals surface area contributed by atoms with Gasteiger partial charge in [0.25, 0.3) is 5.56 Å². The summed E-state index contributed by atoms with van der Waals surface area (Å²) in [4.78, 5) is 24.0. The lowest BCUT2D eigenvalue weighted by molar-refractivity contribution is 0.244. The Balaban J connectivity index is 2.23. The van der Waals surface area contributed by atoms with Crippen LogP contribution in [0.3, 0.4) is 0 Å². The second-order valence-corrected chi connectivity index (χ2v) is 7.23. The number of nitrogens with one attached hydrogen (secondary N) is 2. The van der Waals surface area contributed by atoms with Crippen LogP contribution in [-0.4, -0.2) is 16.1 Å². The molecule has 5 nitrogen and oxygen atoms in total. The molecule has 0 saturated heterocycles. The Morgan fingerprint density at radius 2 is 1.75 bits per heavy atom. The molecule has 0 atom stereocenters. The molecule has 2 aromatic rings. The van der Waals surface area contributed by atoms with Gasteiger partial charge in [0.1, 0.15) is 0 Å². The highest BCUT2D eigenvalue weighted by Gasteiger charge is 2.14. The van der Waals surface area contributed by atoms with Gasteiger partial charge in [0.05, 0.1) is 12.2 Å². The highest BCUT2D eigenvalue weighted by molar-refractivity contribution is 6.35. The zero-order valence-electron chi connectivity index (χ0n) is 13.7. The summed E-state index contributed by atoms with van der Waals surface area (Å²) < 4.78 is 1.44. The van der Waals surface area contributed by atoms with Gasteiger partial charge < -0.3 is 15.2 Å². The van der Waals surface area contributed by atoms with E-state index in [9.17, 15) is 9.59 Å². The third kappa shape index (κ3) is 5.01. The zero-order valence-corrected chi connectivity index (χ0v) is 15.2. The maximum atomic E-state index is 12.1. The fraction of sp³-hybridized carbons (Fsp3) is 0.294. The number of halogens is 2. The molecule has 2 rings (SSSR count). The number of benzene rings is 1. The smallest absolute Gasteiger partial charge is 0.319 e. The normalized spacial score (nSPS) is 11.2. The minimum Gasteiger partial charge on any atom is -0.333 e. The lowest BCUT2D eigenvalue weighted by atomic mass is 10.1. The number of aromatic nitrogens is 1. The van der Waals surface area contributed by atoms with Crippen molar-refractivity contribution in [2.24, 2.45) is 0 Å². The molecule has 0 saturated carbocycles. The van der Waals surface area contributed by atoms with Gasteiger partial charge in [-0.1, -0.05) is 29.3 Å². The van der Waals surface area contributed by atoms with E-state index >= 15 is 0 Å². The number of hydrogen-bond acceptors (Lipinski definition) is 2. The number of amides is 2. The maximum absolute atomic E-state index is 12.1. The lowest BCUT2D eigenvalue weighted by Crippen LogP contribution is -2.43. The van der Waals surface area contributed by atoms with Crippen LogP contribution in [-0.2, 0) is 6.54 Å². The van der Waals surface area contributed by atoms with E-state index in [1.165, 1.54) is 10.6 Å². The molecular formula is C17H19Cl2N3O2. The number of carbonyl (C=O) groups is 1. The number of nitrogens with zero attached hydrogens (tertiary/aromatic N) is 1. The topological polar surface area (TPSA) is 63.1 Å². The van der Waals surface area contributed by atoms with Crippen LogP contribution in [0.25, 0.3) is 0 Å². The van der Waals surface area contributed by atoms with Crippen molar-refractivity contribution in [2.45, 2.75) is 32.9 Å². The van der Waals surface area contributed by atoms with Gasteiger partial charge in [-0.05, 0) is 39.0 Å². The summed E-state index contributed by atoms with van der Waals surface area (Å²) in [5.41, 5.74) is 0.579. The van der Waals surface area contributed by atoms with E-state index < -0.39 is 0 Å². The van der Waals surface area contributed by atoms with Crippen LogP contribution in [0.4, 0.5) is 10.5 Å². The number of anilines is 1. The Morgan fingerprint density at radius 3 is 2.33 bits per heavy atom. The van der Waals surface area contributed by atoms with Crippen LogP contribution in [0, 0.1) is 0 Å². The van der Waals surface area contributed by atoms with Gasteiger partial charge in [0, 0.05) is 33.4 Å². The largest absolute Gasteiger partial charge is 0.333 e. The van der Waals surface area contributed by atoms with E-state index in [0.29, 0.717) is 21.3 Å². The van der Waals surface area contributed by atoms with Crippen molar-refractivity contribution in [3.8, 4) is 0 Å². The number of hydrogen-bond donors (Lipinski definition) is 2. The highest BCUT2D eigenvalue weighted by atomic mass is 35.5. The quantitative estimate of drug-likeness (QED) is 0.856. The molecule has 0 aliphatic heterocycles. The summed E-state index contributed by atoms with van der Waals surface area (Å²) in [5.74, 6) is 0. The van der Waals surface area contributed by atoms with Gasteiger partial charge in [0.2, 0.25) is 0 Å². The van der Waals surface area contributed by atoms with Gasteiger partial charge in [-0.15, -0.1) is 0 Å². The molecule has 0 fully saturated rings. The molecule has 2 amide bonds. The molecule has 128 valence electrons. The standard InChI is InChI=1S/C17H19Cl2N3O2/c1-17(2,3)21-16(24)20-11-7-8-15(23)22(9-11)10-12-13(18)5-4-6-14(12)19/h4-9H,10H2,1-3H3,(H2,20,21,24). The van der Waals surface area contributed by atoms with Crippen LogP contribution in [0.1, 0.15) is 26.3 Å². The number of pyridine rings is 1. The lowest BCUT2D eigenvalue weighted by Gasteiger charge is -2.21. The summed E-state index contributed by atoms with van der Waals surface area (Å²) >= 11 is 12.3. The molecule has 0 aliphatic rings. The molecule has 1 aromatic carbocycles. The fourth-order valence-electron chi connectivity index (χ4n) is 2.09. The summed E-state index contributed by atoms with van der Waals surface area (Å²) in [6.07, 6.45) is 1.56. The summed E-state index contributed by atoms with van der Waals surface area (Å²) in [6.45, 7) is 5.86. The number of urea groups is 1. The highest BCUT2D eigenvalue weighted by Crippen LogP contribution is 2.24. The molecule has 7 heteroatoms. The Labute approximate surface area is 150 Å². The number of carbonyl (C=O) groups excluding carboxylic acids is 1. The van der Waals surface area contributed by atoms with Crippen LogP contribution < -0.4 is 16.2 Å². The van der Waals surface area contributed by atoms with Crippen LogP contribution in [0.2, 0.25) is 10.0 Å². The van der Waals surface area contributed by atoms with Gasteiger partial charge in [-0.3, -0.25) is 4.79 Å². The third-order valence-electron chi connectivity index (χ3n) is 3.12. The molecule has 1 aromatic heterocycles. The summed E-state index contributed by atoms with van der Waals surface area (Å²) in [5, 5.41) is 6.46. The monoisotopic (exact) mass is 367 g/mol. The molecule has 2 N–H and O–H groups in total. The van der Waals surface area contributed by atoms with Crippen molar-refractivity contribution >= 4 is 34.9 Å². The average Bonchev–Trinajstić information content (AvgIpc) is 2.44. The first-order chi connectivity index (χ1) is 11.2. The minimum atomic E-state index is -0.358.